The van der Waals surface area contributed by atoms with E-state index in [4.69, 9.17) is 0 Å². The zero-order chi connectivity index (χ0) is 16.8. The molecule has 0 fully saturated rings. The molecule has 0 radical (unpaired) electrons. The molecule has 0 aliphatic carbocycles. The van der Waals surface area contributed by atoms with Crippen molar-refractivity contribution in [1.29, 1.82) is 5.26 Å². The highest BCUT2D eigenvalue weighted by atomic mass is 15.2. The number of benzene rings is 1. The van der Waals surface area contributed by atoms with Gasteiger partial charge in [-0.2, -0.15) is 10.4 Å². The SMILES string of the molecule is Cc1nnc(NC(C)CN(C)Cc2ccccc2)c(C#N)c1C. The summed E-state index contributed by atoms with van der Waals surface area (Å²) in [6.07, 6.45) is 0. The van der Waals surface area contributed by atoms with Crippen molar-refractivity contribution in [2.45, 2.75) is 33.4 Å². The van der Waals surface area contributed by atoms with Gasteiger partial charge in [0.1, 0.15) is 11.6 Å². The smallest absolute Gasteiger partial charge is 0.167 e. The summed E-state index contributed by atoms with van der Waals surface area (Å²) in [5.41, 5.74) is 3.54. The Balaban J connectivity index is 1.99. The maximum Gasteiger partial charge on any atom is 0.167 e. The van der Waals surface area contributed by atoms with Crippen LogP contribution in [0.2, 0.25) is 0 Å². The Kier molecular flexibility index (Phi) is 5.67. The number of hydrogen-bond acceptors (Lipinski definition) is 5. The third-order valence-electron chi connectivity index (χ3n) is 3.83. The van der Waals surface area contributed by atoms with E-state index < -0.39 is 0 Å². The van der Waals surface area contributed by atoms with E-state index in [9.17, 15) is 5.26 Å². The molecule has 5 heteroatoms. The van der Waals surface area contributed by atoms with Gasteiger partial charge in [-0.1, -0.05) is 30.3 Å². The highest BCUT2D eigenvalue weighted by Crippen LogP contribution is 2.18. The van der Waals surface area contributed by atoms with Gasteiger partial charge in [-0.15, -0.1) is 5.10 Å². The molecule has 1 unspecified atom stereocenters. The molecule has 0 saturated heterocycles. The number of hydrogen-bond donors (Lipinski definition) is 1. The summed E-state index contributed by atoms with van der Waals surface area (Å²) in [5.74, 6) is 0.566. The van der Waals surface area contributed by atoms with Crippen molar-refractivity contribution in [2.75, 3.05) is 18.9 Å². The van der Waals surface area contributed by atoms with Gasteiger partial charge in [0, 0.05) is 19.1 Å². The van der Waals surface area contributed by atoms with Crippen LogP contribution in [0.25, 0.3) is 0 Å². The summed E-state index contributed by atoms with van der Waals surface area (Å²) in [5, 5.41) is 20.9. The largest absolute Gasteiger partial charge is 0.364 e. The molecule has 1 heterocycles. The van der Waals surface area contributed by atoms with Gasteiger partial charge in [0.05, 0.1) is 5.69 Å². The van der Waals surface area contributed by atoms with E-state index in [-0.39, 0.29) is 6.04 Å². The summed E-state index contributed by atoms with van der Waals surface area (Å²) < 4.78 is 0. The van der Waals surface area contributed by atoms with Crippen molar-refractivity contribution in [3.63, 3.8) is 0 Å². The van der Waals surface area contributed by atoms with Crippen molar-refractivity contribution in [3.05, 3.63) is 52.7 Å². The van der Waals surface area contributed by atoms with E-state index in [1.165, 1.54) is 5.56 Å². The highest BCUT2D eigenvalue weighted by molar-refractivity contribution is 5.56. The number of nitrogens with one attached hydrogen (secondary N) is 1. The van der Waals surface area contributed by atoms with Crippen LogP contribution in [0, 0.1) is 25.2 Å². The lowest BCUT2D eigenvalue weighted by Gasteiger charge is -2.23. The molecule has 0 aliphatic rings. The summed E-state index contributed by atoms with van der Waals surface area (Å²) in [4.78, 5) is 2.24. The first-order valence-electron chi connectivity index (χ1n) is 7.74. The van der Waals surface area contributed by atoms with Gasteiger partial charge in [-0.05, 0) is 38.9 Å². The Morgan fingerprint density at radius 2 is 1.91 bits per heavy atom. The zero-order valence-electron chi connectivity index (χ0n) is 14.2. The standard InChI is InChI=1S/C18H23N5/c1-13(11-23(4)12-16-8-6-5-7-9-16)20-18-17(10-19)14(2)15(3)21-22-18/h5-9,13H,11-12H2,1-4H3,(H,20,22). The fourth-order valence-corrected chi connectivity index (χ4v) is 2.55. The minimum absolute atomic E-state index is 0.159. The van der Waals surface area contributed by atoms with Crippen molar-refractivity contribution >= 4 is 5.82 Å². The molecule has 1 atom stereocenters. The number of nitrogens with zero attached hydrogens (tertiary/aromatic N) is 4. The average molecular weight is 309 g/mol. The van der Waals surface area contributed by atoms with E-state index >= 15 is 0 Å². The lowest BCUT2D eigenvalue weighted by molar-refractivity contribution is 0.316. The predicted octanol–water partition coefficient (Wildman–Crippen LogP) is 2.90. The van der Waals surface area contributed by atoms with Crippen LogP contribution in [0.5, 0.6) is 0 Å². The number of aryl methyl sites for hydroxylation is 1. The van der Waals surface area contributed by atoms with Gasteiger partial charge in [-0.25, -0.2) is 0 Å². The highest BCUT2D eigenvalue weighted by Gasteiger charge is 2.14. The van der Waals surface area contributed by atoms with Crippen LogP contribution in [0.3, 0.4) is 0 Å². The fraction of sp³-hybridized carbons (Fsp3) is 0.389. The summed E-state index contributed by atoms with van der Waals surface area (Å²) in [6, 6.07) is 12.8. The Hall–Kier alpha value is -2.45. The summed E-state index contributed by atoms with van der Waals surface area (Å²) in [6.45, 7) is 7.58. The van der Waals surface area contributed by atoms with Crippen LogP contribution >= 0.6 is 0 Å². The summed E-state index contributed by atoms with van der Waals surface area (Å²) >= 11 is 0. The normalized spacial score (nSPS) is 12.0. The monoisotopic (exact) mass is 309 g/mol. The molecular formula is C18H23N5. The quantitative estimate of drug-likeness (QED) is 0.889. The molecule has 0 amide bonds. The maximum atomic E-state index is 9.35. The molecule has 2 aromatic rings. The minimum Gasteiger partial charge on any atom is -0.364 e. The average Bonchev–Trinajstić information content (AvgIpc) is 2.52. The van der Waals surface area contributed by atoms with Gasteiger partial charge in [0.25, 0.3) is 0 Å². The molecule has 23 heavy (non-hydrogen) atoms. The van der Waals surface area contributed by atoms with Crippen LogP contribution in [0.15, 0.2) is 30.3 Å². The van der Waals surface area contributed by atoms with Crippen LogP contribution in [0.4, 0.5) is 5.82 Å². The molecule has 2 rings (SSSR count). The second-order valence-corrected chi connectivity index (χ2v) is 5.97. The topological polar surface area (TPSA) is 64.8 Å². The first-order chi connectivity index (χ1) is 11.0. The predicted molar refractivity (Wildman–Crippen MR) is 92.1 cm³/mol. The van der Waals surface area contributed by atoms with Gasteiger partial charge in [0.2, 0.25) is 0 Å². The third-order valence-corrected chi connectivity index (χ3v) is 3.83. The van der Waals surface area contributed by atoms with Crippen LogP contribution < -0.4 is 5.32 Å². The summed E-state index contributed by atoms with van der Waals surface area (Å²) in [7, 11) is 2.09. The molecule has 1 aromatic carbocycles. The van der Waals surface area contributed by atoms with Crippen molar-refractivity contribution < 1.29 is 0 Å². The molecule has 1 N–H and O–H groups in total. The number of anilines is 1. The lowest BCUT2D eigenvalue weighted by Crippen LogP contribution is -2.32. The molecular weight excluding hydrogens is 286 g/mol. The van der Waals surface area contributed by atoms with E-state index in [2.05, 4.69) is 64.7 Å². The van der Waals surface area contributed by atoms with Crippen LogP contribution in [-0.4, -0.2) is 34.7 Å². The zero-order valence-corrected chi connectivity index (χ0v) is 14.2. The Morgan fingerprint density at radius 3 is 2.57 bits per heavy atom. The van der Waals surface area contributed by atoms with E-state index in [1.54, 1.807) is 0 Å². The molecule has 0 bridgehead atoms. The van der Waals surface area contributed by atoms with Gasteiger partial charge < -0.3 is 10.2 Å². The Labute approximate surface area is 138 Å². The fourth-order valence-electron chi connectivity index (χ4n) is 2.55. The Morgan fingerprint density at radius 1 is 1.22 bits per heavy atom. The van der Waals surface area contributed by atoms with Crippen LogP contribution in [0.1, 0.15) is 29.3 Å². The molecule has 5 nitrogen and oxygen atoms in total. The molecule has 0 spiro atoms. The number of rotatable bonds is 6. The number of likely N-dealkylation sites (N-methyl/N-ethyl adjacent to an activating group) is 1. The van der Waals surface area contributed by atoms with Gasteiger partial charge >= 0.3 is 0 Å². The molecule has 120 valence electrons. The number of nitriles is 1. The lowest BCUT2D eigenvalue weighted by atomic mass is 10.1. The second kappa shape index (κ2) is 7.70. The first kappa shape index (κ1) is 16.9. The van der Waals surface area contributed by atoms with Gasteiger partial charge in [0.15, 0.2) is 5.82 Å². The first-order valence-corrected chi connectivity index (χ1v) is 7.74. The Bertz CT molecular complexity index is 691. The minimum atomic E-state index is 0.159. The molecule has 0 saturated carbocycles. The van der Waals surface area contributed by atoms with Crippen molar-refractivity contribution in [1.82, 2.24) is 15.1 Å². The van der Waals surface area contributed by atoms with Gasteiger partial charge in [-0.3, -0.25) is 0 Å². The van der Waals surface area contributed by atoms with E-state index in [0.717, 1.165) is 24.3 Å². The van der Waals surface area contributed by atoms with E-state index in [0.29, 0.717) is 11.4 Å². The third kappa shape index (κ3) is 4.51. The maximum absolute atomic E-state index is 9.35. The van der Waals surface area contributed by atoms with Crippen molar-refractivity contribution in [3.8, 4) is 6.07 Å². The molecule has 0 aliphatic heterocycles. The van der Waals surface area contributed by atoms with Crippen LogP contribution in [-0.2, 0) is 6.54 Å². The molecule has 1 aromatic heterocycles. The number of aromatic nitrogens is 2. The second-order valence-electron chi connectivity index (χ2n) is 5.97. The van der Waals surface area contributed by atoms with Crippen molar-refractivity contribution in [2.24, 2.45) is 0 Å². The van der Waals surface area contributed by atoms with E-state index in [1.807, 2.05) is 19.9 Å².